The lowest BCUT2D eigenvalue weighted by Crippen LogP contribution is -2.66. The summed E-state index contributed by atoms with van der Waals surface area (Å²) in [5, 5.41) is 139. The molecule has 9 rings (SSSR count). The average molecular weight is 1080 g/mol. The van der Waals surface area contributed by atoms with Crippen molar-refractivity contribution in [1.82, 2.24) is 0 Å². The average Bonchev–Trinajstić information content (AvgIpc) is 3.65. The van der Waals surface area contributed by atoms with Gasteiger partial charge >= 0.3 is 5.97 Å². The van der Waals surface area contributed by atoms with E-state index in [-0.39, 0.29) is 46.0 Å². The van der Waals surface area contributed by atoms with Crippen molar-refractivity contribution in [2.24, 2.45) is 50.2 Å². The first-order valence-corrected chi connectivity index (χ1v) is 27.3. The Labute approximate surface area is 437 Å². The summed E-state index contributed by atoms with van der Waals surface area (Å²) in [5.41, 5.74) is -1.46. The molecule has 9 aliphatic rings. The Hall–Kier alpha value is -1.59. The fourth-order valence-corrected chi connectivity index (χ4v) is 16.1. The molecule has 28 unspecified atom stereocenters. The second-order valence-electron chi connectivity index (χ2n) is 25.7. The Morgan fingerprint density at radius 3 is 1.87 bits per heavy atom. The molecule has 4 saturated carbocycles. The minimum Gasteiger partial charge on any atom is -0.432 e. The third-order valence-corrected chi connectivity index (χ3v) is 21.1. The van der Waals surface area contributed by atoms with E-state index in [1.165, 1.54) is 12.5 Å². The number of rotatable bonds is 12. The summed E-state index contributed by atoms with van der Waals surface area (Å²) < 4.78 is 46.7. The summed E-state index contributed by atoms with van der Waals surface area (Å²) in [6.07, 6.45) is -20.9. The molecular weight excluding hydrogens is 989 g/mol. The summed E-state index contributed by atoms with van der Waals surface area (Å²) in [4.78, 5) is 15.1. The highest BCUT2D eigenvalue weighted by atomic mass is 16.8. The van der Waals surface area contributed by atoms with E-state index >= 15 is 4.79 Å². The van der Waals surface area contributed by atoms with Gasteiger partial charge in [-0.25, -0.2) is 0 Å². The van der Waals surface area contributed by atoms with E-state index in [1.54, 1.807) is 0 Å². The number of fused-ring (bicyclic) bond motifs is 7. The van der Waals surface area contributed by atoms with E-state index in [4.69, 9.17) is 37.9 Å². The lowest BCUT2D eigenvalue weighted by molar-refractivity contribution is -0.361. The molecule has 0 spiro atoms. The van der Waals surface area contributed by atoms with Gasteiger partial charge < -0.3 is 104 Å². The molecule has 4 heterocycles. The number of hydrogen-bond donors (Lipinski definition) is 13. The lowest BCUT2D eigenvalue weighted by Gasteiger charge is -2.71. The van der Waals surface area contributed by atoms with Crippen LogP contribution in [0.5, 0.6) is 0 Å². The molecule has 430 valence electrons. The van der Waals surface area contributed by atoms with E-state index in [0.29, 0.717) is 38.5 Å². The minimum absolute atomic E-state index is 0.0327. The zero-order valence-electron chi connectivity index (χ0n) is 44.2. The standard InChI is InChI=1S/C53H86O22/c1-23-32(57)35(60)39(64)45(70-23)74-42-27(20-55)72-43(41(66)37(42)62)68-21-28-34(59)36(61)40(65)46(73-28)75-47(67)53-16-14-48(2,3)18-25(53)24-8-9-30-49(4)12-11-31(56)50(5,22-69-44-38(63)33(58)26(19-54)71-44)29(49)10-13-52(30,7)51(24,6)15-17-53/h8,23,25-46,54-66H,9-22H2,1-7H3. The molecule has 0 aromatic carbocycles. The Morgan fingerprint density at radius 1 is 0.600 bits per heavy atom. The predicted molar refractivity (Wildman–Crippen MR) is 257 cm³/mol. The summed E-state index contributed by atoms with van der Waals surface area (Å²) in [5.74, 6) is -0.613. The number of allylic oxidation sites excluding steroid dienone is 2. The molecular formula is C53H86O22. The highest BCUT2D eigenvalue weighted by Crippen LogP contribution is 2.76. The van der Waals surface area contributed by atoms with Crippen LogP contribution in [0.3, 0.4) is 0 Å². The zero-order chi connectivity index (χ0) is 54.7. The second-order valence-corrected chi connectivity index (χ2v) is 25.7. The molecule has 5 aliphatic carbocycles. The first-order chi connectivity index (χ1) is 35.1. The fraction of sp³-hybridized carbons (Fsp3) is 0.943. The number of ether oxygens (including phenoxy) is 8. The Kier molecular flexibility index (Phi) is 16.3. The molecule has 75 heavy (non-hydrogen) atoms. The number of esters is 1. The largest absolute Gasteiger partial charge is 0.432 e. The van der Waals surface area contributed by atoms with Crippen molar-refractivity contribution in [1.29, 1.82) is 0 Å². The molecule has 0 bridgehead atoms. The Bertz CT molecular complexity index is 2060. The SMILES string of the molecule is CC1OC(OC2C(CO)OC(OCC3OC(OC(=O)C45CCC(C)(C)CC4C4=CCC6C7(C)CCC(O)C(C)(COC8OC(CO)C(O)C8O)C7CCC6(C)C4(C)CC5)C(O)C(O)C3O)C(O)C2O)C(O)C(O)C1O. The summed E-state index contributed by atoms with van der Waals surface area (Å²) in [7, 11) is 0. The predicted octanol–water partition coefficient (Wildman–Crippen LogP) is -1.40. The van der Waals surface area contributed by atoms with Gasteiger partial charge in [-0.05, 0) is 111 Å². The van der Waals surface area contributed by atoms with Crippen LogP contribution >= 0.6 is 0 Å². The van der Waals surface area contributed by atoms with E-state index in [9.17, 15) is 66.4 Å². The van der Waals surface area contributed by atoms with Crippen LogP contribution < -0.4 is 0 Å². The molecule has 28 atom stereocenters. The maximum absolute atomic E-state index is 15.1. The number of aliphatic hydroxyl groups excluding tert-OH is 13. The number of carbonyl (C=O) groups is 1. The quantitative estimate of drug-likeness (QED) is 0.0790. The van der Waals surface area contributed by atoms with Gasteiger partial charge in [0.05, 0.1) is 44.1 Å². The van der Waals surface area contributed by atoms with Crippen molar-refractivity contribution < 1.29 is 109 Å². The van der Waals surface area contributed by atoms with Gasteiger partial charge in [0.1, 0.15) is 85.5 Å². The molecule has 0 radical (unpaired) electrons. The van der Waals surface area contributed by atoms with Gasteiger partial charge in [0.2, 0.25) is 6.29 Å². The van der Waals surface area contributed by atoms with Crippen LogP contribution in [0.15, 0.2) is 11.6 Å². The molecule has 0 aromatic heterocycles. The Morgan fingerprint density at radius 2 is 1.19 bits per heavy atom. The molecule has 4 aliphatic heterocycles. The highest BCUT2D eigenvalue weighted by molar-refractivity contribution is 5.79. The first-order valence-electron chi connectivity index (χ1n) is 27.3. The van der Waals surface area contributed by atoms with Crippen LogP contribution in [-0.4, -0.2) is 222 Å². The lowest BCUT2D eigenvalue weighted by atomic mass is 9.33. The molecule has 22 nitrogen and oxygen atoms in total. The van der Waals surface area contributed by atoms with Crippen LogP contribution in [0.1, 0.15) is 113 Å². The van der Waals surface area contributed by atoms with Crippen molar-refractivity contribution >= 4 is 5.97 Å². The normalized spacial score (nSPS) is 54.7. The second kappa shape index (κ2) is 21.1. The summed E-state index contributed by atoms with van der Waals surface area (Å²) in [6.45, 7) is 13.2. The van der Waals surface area contributed by atoms with Gasteiger partial charge in [0.25, 0.3) is 0 Å². The van der Waals surface area contributed by atoms with Crippen molar-refractivity contribution in [2.45, 2.75) is 235 Å². The van der Waals surface area contributed by atoms with Gasteiger partial charge in [0.15, 0.2) is 18.9 Å². The fourth-order valence-electron chi connectivity index (χ4n) is 16.1. The van der Waals surface area contributed by atoms with Crippen molar-refractivity contribution in [3.63, 3.8) is 0 Å². The maximum Gasteiger partial charge on any atom is 0.315 e. The molecule has 4 saturated heterocycles. The monoisotopic (exact) mass is 1070 g/mol. The van der Waals surface area contributed by atoms with Crippen LogP contribution in [0.4, 0.5) is 0 Å². The molecule has 0 amide bonds. The van der Waals surface area contributed by atoms with Crippen LogP contribution in [0.25, 0.3) is 0 Å². The molecule has 0 aromatic rings. The third-order valence-electron chi connectivity index (χ3n) is 21.1. The first kappa shape index (κ1) is 58.1. The van der Waals surface area contributed by atoms with Crippen molar-refractivity contribution in [3.05, 3.63) is 11.6 Å². The van der Waals surface area contributed by atoms with E-state index < -0.39 is 159 Å². The van der Waals surface area contributed by atoms with E-state index in [1.807, 2.05) is 6.92 Å². The topological polar surface area (TPSA) is 354 Å². The van der Waals surface area contributed by atoms with Gasteiger partial charge in [0, 0.05) is 5.41 Å². The number of hydrogen-bond acceptors (Lipinski definition) is 22. The van der Waals surface area contributed by atoms with Gasteiger partial charge in [-0.1, -0.05) is 53.2 Å². The van der Waals surface area contributed by atoms with Crippen molar-refractivity contribution in [2.75, 3.05) is 26.4 Å². The minimum atomic E-state index is -1.87. The van der Waals surface area contributed by atoms with E-state index in [0.717, 1.165) is 25.7 Å². The highest BCUT2D eigenvalue weighted by Gasteiger charge is 2.70. The summed E-state index contributed by atoms with van der Waals surface area (Å²) in [6, 6.07) is 0. The zero-order valence-corrected chi connectivity index (χ0v) is 44.2. The van der Waals surface area contributed by atoms with Crippen LogP contribution in [0.2, 0.25) is 0 Å². The van der Waals surface area contributed by atoms with Crippen molar-refractivity contribution in [3.8, 4) is 0 Å². The number of carbonyl (C=O) groups excluding carboxylic acids is 1. The van der Waals surface area contributed by atoms with Crippen LogP contribution in [-0.2, 0) is 42.7 Å². The smallest absolute Gasteiger partial charge is 0.315 e. The molecule has 22 heteroatoms. The maximum atomic E-state index is 15.1. The Balaban J connectivity index is 0.897. The van der Waals surface area contributed by atoms with Gasteiger partial charge in [-0.15, -0.1) is 0 Å². The molecule has 8 fully saturated rings. The van der Waals surface area contributed by atoms with Gasteiger partial charge in [-0.3, -0.25) is 4.79 Å². The summed E-state index contributed by atoms with van der Waals surface area (Å²) >= 11 is 0. The van der Waals surface area contributed by atoms with Crippen LogP contribution in [0, 0.1) is 50.2 Å². The molecule has 13 N–H and O–H groups in total. The number of aliphatic hydroxyl groups is 13. The van der Waals surface area contributed by atoms with E-state index in [2.05, 4.69) is 40.7 Å². The third kappa shape index (κ3) is 9.50. The van der Waals surface area contributed by atoms with Gasteiger partial charge in [-0.2, -0.15) is 0 Å².